The highest BCUT2D eigenvalue weighted by molar-refractivity contribution is 7.90. The lowest BCUT2D eigenvalue weighted by atomic mass is 10.1. The Balaban J connectivity index is 3.04. The number of nitrogens with zero attached hydrogens (tertiary/aromatic N) is 2. The summed E-state index contributed by atoms with van der Waals surface area (Å²) in [5, 5.41) is 17.5. The summed E-state index contributed by atoms with van der Waals surface area (Å²) < 4.78 is 27.3. The van der Waals surface area contributed by atoms with Crippen LogP contribution in [0.1, 0.15) is 18.1 Å². The quantitative estimate of drug-likeness (QED) is 0.820. The van der Waals surface area contributed by atoms with Crippen molar-refractivity contribution in [2.45, 2.75) is 6.92 Å². The number of rotatable bonds is 4. The van der Waals surface area contributed by atoms with E-state index in [0.29, 0.717) is 0 Å². The Hall–Kier alpha value is -2.09. The first-order valence-electron chi connectivity index (χ1n) is 4.74. The largest absolute Gasteiger partial charge is 0.299 e. The fourth-order valence-corrected chi connectivity index (χ4v) is 2.07. The smallest absolute Gasteiger partial charge is 0.271 e. The first-order chi connectivity index (χ1) is 8.02. The van der Waals surface area contributed by atoms with Crippen LogP contribution < -0.4 is 9.44 Å². The maximum atomic E-state index is 11.4. The third-order valence-electron chi connectivity index (χ3n) is 1.85. The summed E-state index contributed by atoms with van der Waals surface area (Å²) in [4.78, 5) is 0. The van der Waals surface area contributed by atoms with E-state index in [2.05, 4.69) is 9.44 Å². The van der Waals surface area contributed by atoms with E-state index in [9.17, 15) is 8.42 Å². The van der Waals surface area contributed by atoms with Crippen molar-refractivity contribution in [2.24, 2.45) is 0 Å². The number of benzene rings is 1. The molecular formula is C10H10N4O2S. The molecule has 0 heterocycles. The second-order valence-corrected chi connectivity index (χ2v) is 4.59. The second kappa shape index (κ2) is 5.30. The molecule has 0 amide bonds. The molecule has 0 aliphatic heterocycles. The molecule has 0 aromatic heterocycles. The van der Waals surface area contributed by atoms with Crippen LogP contribution >= 0.6 is 0 Å². The highest BCUT2D eigenvalue weighted by atomic mass is 32.2. The van der Waals surface area contributed by atoms with E-state index in [0.717, 1.165) is 0 Å². The van der Waals surface area contributed by atoms with Crippen LogP contribution in [0.5, 0.6) is 0 Å². The molecular weight excluding hydrogens is 240 g/mol. The zero-order valence-electron chi connectivity index (χ0n) is 9.06. The Labute approximate surface area is 99.7 Å². The van der Waals surface area contributed by atoms with Crippen molar-refractivity contribution >= 4 is 15.9 Å². The monoisotopic (exact) mass is 250 g/mol. The molecule has 2 N–H and O–H groups in total. The summed E-state index contributed by atoms with van der Waals surface area (Å²) in [6.45, 7) is 1.91. The summed E-state index contributed by atoms with van der Waals surface area (Å²) in [6, 6.07) is 7.80. The Morgan fingerprint density at radius 2 is 1.88 bits per heavy atom. The van der Waals surface area contributed by atoms with Crippen molar-refractivity contribution in [1.29, 1.82) is 10.5 Å². The van der Waals surface area contributed by atoms with Gasteiger partial charge in [0.25, 0.3) is 10.2 Å². The zero-order valence-corrected chi connectivity index (χ0v) is 9.87. The number of hydrogen-bond acceptors (Lipinski definition) is 4. The van der Waals surface area contributed by atoms with Gasteiger partial charge >= 0.3 is 0 Å². The average Bonchev–Trinajstić information content (AvgIpc) is 2.28. The van der Waals surface area contributed by atoms with Crippen LogP contribution in [-0.2, 0) is 10.2 Å². The van der Waals surface area contributed by atoms with Crippen LogP contribution in [-0.4, -0.2) is 15.0 Å². The molecule has 88 valence electrons. The van der Waals surface area contributed by atoms with Crippen LogP contribution in [0.3, 0.4) is 0 Å². The van der Waals surface area contributed by atoms with Crippen molar-refractivity contribution in [3.63, 3.8) is 0 Å². The van der Waals surface area contributed by atoms with Crippen LogP contribution in [0.4, 0.5) is 5.69 Å². The minimum absolute atomic E-state index is 0.129. The van der Waals surface area contributed by atoms with Crippen LogP contribution in [0.15, 0.2) is 18.2 Å². The number of nitrogens with one attached hydrogen (secondary N) is 2. The molecule has 0 spiro atoms. The normalized spacial score (nSPS) is 10.3. The molecule has 17 heavy (non-hydrogen) atoms. The molecule has 1 aromatic carbocycles. The topological polar surface area (TPSA) is 106 Å². The van der Waals surface area contributed by atoms with Gasteiger partial charge in [0.05, 0.1) is 16.8 Å². The Kier molecular flexibility index (Phi) is 4.05. The van der Waals surface area contributed by atoms with Gasteiger partial charge in [-0.05, 0) is 18.2 Å². The van der Waals surface area contributed by atoms with Crippen LogP contribution in [0.2, 0.25) is 0 Å². The van der Waals surface area contributed by atoms with Gasteiger partial charge in [-0.15, -0.1) is 0 Å². The molecule has 6 nitrogen and oxygen atoms in total. The maximum Gasteiger partial charge on any atom is 0.299 e. The van der Waals surface area contributed by atoms with Crippen molar-refractivity contribution in [3.05, 3.63) is 29.3 Å². The highest BCUT2D eigenvalue weighted by Gasteiger charge is 2.09. The molecule has 1 rings (SSSR count). The van der Waals surface area contributed by atoms with Gasteiger partial charge in [0.2, 0.25) is 0 Å². The molecule has 0 saturated carbocycles. The first-order valence-corrected chi connectivity index (χ1v) is 6.22. The summed E-state index contributed by atoms with van der Waals surface area (Å²) >= 11 is 0. The van der Waals surface area contributed by atoms with E-state index >= 15 is 0 Å². The van der Waals surface area contributed by atoms with Gasteiger partial charge in [-0.1, -0.05) is 6.92 Å². The molecule has 0 saturated heterocycles. The molecule has 0 aliphatic carbocycles. The number of nitriles is 2. The van der Waals surface area contributed by atoms with Crippen molar-refractivity contribution in [2.75, 3.05) is 11.3 Å². The molecule has 0 unspecified atom stereocenters. The first kappa shape index (κ1) is 13.0. The van der Waals surface area contributed by atoms with Gasteiger partial charge < -0.3 is 0 Å². The van der Waals surface area contributed by atoms with E-state index in [1.807, 2.05) is 12.1 Å². The van der Waals surface area contributed by atoms with Crippen molar-refractivity contribution in [3.8, 4) is 12.1 Å². The predicted octanol–water partition coefficient (Wildman–Crippen LogP) is 0.696. The van der Waals surface area contributed by atoms with Gasteiger partial charge in [0.1, 0.15) is 12.1 Å². The van der Waals surface area contributed by atoms with Gasteiger partial charge in [-0.3, -0.25) is 4.72 Å². The highest BCUT2D eigenvalue weighted by Crippen LogP contribution is 2.15. The van der Waals surface area contributed by atoms with E-state index in [1.54, 1.807) is 6.92 Å². The number of anilines is 1. The molecule has 7 heteroatoms. The molecule has 0 atom stereocenters. The van der Waals surface area contributed by atoms with Crippen molar-refractivity contribution < 1.29 is 8.42 Å². The minimum atomic E-state index is -3.62. The predicted molar refractivity (Wildman–Crippen MR) is 62.1 cm³/mol. The van der Waals surface area contributed by atoms with Gasteiger partial charge in [0.15, 0.2) is 0 Å². The minimum Gasteiger partial charge on any atom is -0.271 e. The fourth-order valence-electron chi connectivity index (χ4n) is 1.18. The van der Waals surface area contributed by atoms with E-state index in [1.165, 1.54) is 18.2 Å². The van der Waals surface area contributed by atoms with Crippen LogP contribution in [0.25, 0.3) is 0 Å². The summed E-state index contributed by atoms with van der Waals surface area (Å²) in [5.74, 6) is 0. The van der Waals surface area contributed by atoms with Gasteiger partial charge in [-0.2, -0.15) is 23.7 Å². The zero-order chi connectivity index (χ0) is 12.9. The standard InChI is InChI=1S/C10H10N4O2S/c1-2-13-17(15,16)14-10-4-3-8(6-11)9(5-10)7-12/h3-5,13-14H,2H2,1H3. The molecule has 0 radical (unpaired) electrons. The number of hydrogen-bond donors (Lipinski definition) is 2. The van der Waals surface area contributed by atoms with Crippen molar-refractivity contribution in [1.82, 2.24) is 4.72 Å². The summed E-state index contributed by atoms with van der Waals surface area (Å²) in [5.41, 5.74) is 0.574. The lowest BCUT2D eigenvalue weighted by molar-refractivity contribution is 0.589. The van der Waals surface area contributed by atoms with E-state index < -0.39 is 10.2 Å². The van der Waals surface area contributed by atoms with Gasteiger partial charge in [-0.25, -0.2) is 0 Å². The van der Waals surface area contributed by atoms with E-state index in [-0.39, 0.29) is 23.4 Å². The third kappa shape index (κ3) is 3.45. The maximum absolute atomic E-state index is 11.4. The lowest BCUT2D eigenvalue weighted by Gasteiger charge is -2.08. The molecule has 0 fully saturated rings. The summed E-state index contributed by atoms with van der Waals surface area (Å²) in [7, 11) is -3.62. The fraction of sp³-hybridized carbons (Fsp3) is 0.200. The SMILES string of the molecule is CCNS(=O)(=O)Nc1ccc(C#N)c(C#N)c1. The average molecular weight is 250 g/mol. The third-order valence-corrected chi connectivity index (χ3v) is 3.02. The van der Waals surface area contributed by atoms with Gasteiger partial charge in [0, 0.05) is 6.54 Å². The molecule has 1 aromatic rings. The molecule has 0 bridgehead atoms. The van der Waals surface area contributed by atoms with Crippen LogP contribution in [0, 0.1) is 22.7 Å². The lowest BCUT2D eigenvalue weighted by Crippen LogP contribution is -2.29. The Morgan fingerprint density at radius 3 is 2.41 bits per heavy atom. The second-order valence-electron chi connectivity index (χ2n) is 3.09. The Morgan fingerprint density at radius 1 is 1.24 bits per heavy atom. The Bertz CT molecular complexity index is 596. The van der Waals surface area contributed by atoms with E-state index in [4.69, 9.17) is 10.5 Å². The summed E-state index contributed by atoms with van der Waals surface area (Å²) in [6.07, 6.45) is 0. The molecule has 0 aliphatic rings.